The molecule has 1 N–H and O–H groups in total. The van der Waals surface area contributed by atoms with Crippen molar-refractivity contribution in [3.05, 3.63) is 70.2 Å². The number of nitrogens with one attached hydrogen (secondary N) is 1. The van der Waals surface area contributed by atoms with E-state index in [2.05, 4.69) is 10.2 Å². The predicted molar refractivity (Wildman–Crippen MR) is 111 cm³/mol. The largest absolute Gasteiger partial charge is 0.351 e. The van der Waals surface area contributed by atoms with Gasteiger partial charge in [-0.2, -0.15) is 0 Å². The number of hydrogen-bond acceptors (Lipinski definition) is 3. The molecule has 1 atom stereocenters. The number of carbonyl (C=O) groups excluding carboxylic acids is 2. The molecule has 1 aliphatic heterocycles. The fraction of sp³-hybridized carbons (Fsp3) is 0.364. The van der Waals surface area contributed by atoms with Gasteiger partial charge in [-0.25, -0.2) is 0 Å². The monoisotopic (exact) mass is 399 g/mol. The van der Waals surface area contributed by atoms with E-state index < -0.39 is 0 Å². The molecule has 1 heterocycles. The number of halogens is 1. The molecule has 0 aliphatic carbocycles. The maximum absolute atomic E-state index is 12.6. The van der Waals surface area contributed by atoms with Crippen LogP contribution in [0.1, 0.15) is 28.4 Å². The van der Waals surface area contributed by atoms with E-state index in [-0.39, 0.29) is 17.9 Å². The van der Waals surface area contributed by atoms with Crippen molar-refractivity contribution < 1.29 is 9.59 Å². The van der Waals surface area contributed by atoms with Crippen LogP contribution in [0.3, 0.4) is 0 Å². The van der Waals surface area contributed by atoms with E-state index in [1.165, 1.54) is 5.56 Å². The van der Waals surface area contributed by atoms with Crippen LogP contribution in [0.5, 0.6) is 0 Å². The highest BCUT2D eigenvalue weighted by Gasteiger charge is 2.27. The minimum atomic E-state index is -0.224. The Hall–Kier alpha value is -2.37. The van der Waals surface area contributed by atoms with Gasteiger partial charge >= 0.3 is 0 Å². The van der Waals surface area contributed by atoms with Gasteiger partial charge < -0.3 is 10.2 Å². The number of aryl methyl sites for hydroxylation is 1. The van der Waals surface area contributed by atoms with Crippen LogP contribution >= 0.6 is 11.6 Å². The number of benzene rings is 2. The van der Waals surface area contributed by atoms with Crippen molar-refractivity contribution in [1.29, 1.82) is 0 Å². The van der Waals surface area contributed by atoms with Crippen LogP contribution < -0.4 is 5.32 Å². The van der Waals surface area contributed by atoms with Crippen LogP contribution in [0.2, 0.25) is 5.02 Å². The molecule has 0 aromatic heterocycles. The number of hydrogen-bond donors (Lipinski definition) is 1. The summed E-state index contributed by atoms with van der Waals surface area (Å²) in [5.41, 5.74) is 2.93. The Balaban J connectivity index is 1.48. The number of amides is 2. The summed E-state index contributed by atoms with van der Waals surface area (Å²) in [5.74, 6) is 0.0193. The second-order valence-corrected chi connectivity index (χ2v) is 7.65. The van der Waals surface area contributed by atoms with Gasteiger partial charge in [-0.3, -0.25) is 14.5 Å². The maximum atomic E-state index is 12.6. The van der Waals surface area contributed by atoms with Crippen LogP contribution in [-0.2, 0) is 11.3 Å². The van der Waals surface area contributed by atoms with Crippen LogP contribution in [0.25, 0.3) is 0 Å². The highest BCUT2D eigenvalue weighted by atomic mass is 35.5. The van der Waals surface area contributed by atoms with Crippen molar-refractivity contribution in [2.24, 2.45) is 0 Å². The molecule has 6 heteroatoms. The summed E-state index contributed by atoms with van der Waals surface area (Å²) < 4.78 is 0. The van der Waals surface area contributed by atoms with Gasteiger partial charge in [0.25, 0.3) is 5.91 Å². The van der Waals surface area contributed by atoms with Crippen molar-refractivity contribution in [3.8, 4) is 0 Å². The number of carbonyl (C=O) groups is 2. The fourth-order valence-corrected chi connectivity index (χ4v) is 3.42. The van der Waals surface area contributed by atoms with Crippen molar-refractivity contribution in [1.82, 2.24) is 15.1 Å². The molecule has 1 saturated heterocycles. The average molecular weight is 400 g/mol. The van der Waals surface area contributed by atoms with Gasteiger partial charge in [0.1, 0.15) is 0 Å². The van der Waals surface area contributed by atoms with E-state index >= 15 is 0 Å². The molecule has 3 rings (SSSR count). The molecule has 28 heavy (non-hydrogen) atoms. The summed E-state index contributed by atoms with van der Waals surface area (Å²) in [6, 6.07) is 14.9. The first-order valence-electron chi connectivity index (χ1n) is 9.56. The molecule has 0 bridgehead atoms. The van der Waals surface area contributed by atoms with E-state index in [1.54, 1.807) is 24.3 Å². The Morgan fingerprint density at radius 2 is 1.61 bits per heavy atom. The van der Waals surface area contributed by atoms with E-state index in [9.17, 15) is 9.59 Å². The van der Waals surface area contributed by atoms with Gasteiger partial charge in [0.15, 0.2) is 0 Å². The minimum absolute atomic E-state index is 0.00722. The second kappa shape index (κ2) is 9.22. The molecule has 1 fully saturated rings. The van der Waals surface area contributed by atoms with Gasteiger partial charge in [0.2, 0.25) is 5.91 Å². The SMILES string of the molecule is Cc1ccc(CNC(=O)C(C)N2CCN(C(=O)c3ccc(Cl)cc3)CC2)cc1. The first-order valence-corrected chi connectivity index (χ1v) is 9.94. The topological polar surface area (TPSA) is 52.7 Å². The zero-order valence-corrected chi connectivity index (χ0v) is 17.1. The third-order valence-electron chi connectivity index (χ3n) is 5.21. The fourth-order valence-electron chi connectivity index (χ4n) is 3.30. The summed E-state index contributed by atoms with van der Waals surface area (Å²) in [6.07, 6.45) is 0. The van der Waals surface area contributed by atoms with Gasteiger partial charge in [0.05, 0.1) is 6.04 Å². The van der Waals surface area contributed by atoms with E-state index in [0.29, 0.717) is 43.3 Å². The first kappa shape index (κ1) is 20.4. The van der Waals surface area contributed by atoms with E-state index in [1.807, 2.05) is 43.0 Å². The van der Waals surface area contributed by atoms with Crippen molar-refractivity contribution in [2.75, 3.05) is 26.2 Å². The molecule has 2 aromatic rings. The maximum Gasteiger partial charge on any atom is 0.253 e. The molecule has 0 spiro atoms. The minimum Gasteiger partial charge on any atom is -0.351 e. The summed E-state index contributed by atoms with van der Waals surface area (Å²) in [4.78, 5) is 29.0. The van der Waals surface area contributed by atoms with Crippen LogP contribution in [0, 0.1) is 6.92 Å². The molecule has 2 aromatic carbocycles. The lowest BCUT2D eigenvalue weighted by Crippen LogP contribution is -2.54. The normalized spacial score (nSPS) is 15.9. The van der Waals surface area contributed by atoms with Crippen LogP contribution in [0.4, 0.5) is 0 Å². The third kappa shape index (κ3) is 5.12. The van der Waals surface area contributed by atoms with Gasteiger partial charge in [0, 0.05) is 43.3 Å². The van der Waals surface area contributed by atoms with Gasteiger partial charge in [-0.15, -0.1) is 0 Å². The average Bonchev–Trinajstić information content (AvgIpc) is 2.73. The Bertz CT molecular complexity index is 813. The molecular formula is C22H26ClN3O2. The molecule has 1 aliphatic rings. The molecule has 2 amide bonds. The smallest absolute Gasteiger partial charge is 0.253 e. The van der Waals surface area contributed by atoms with Gasteiger partial charge in [-0.1, -0.05) is 41.4 Å². The molecule has 0 saturated carbocycles. The van der Waals surface area contributed by atoms with E-state index in [0.717, 1.165) is 5.56 Å². The third-order valence-corrected chi connectivity index (χ3v) is 5.46. The Morgan fingerprint density at radius 3 is 2.21 bits per heavy atom. The van der Waals surface area contributed by atoms with Crippen molar-refractivity contribution in [2.45, 2.75) is 26.4 Å². The summed E-state index contributed by atoms with van der Waals surface area (Å²) >= 11 is 5.89. The number of nitrogens with zero attached hydrogens (tertiary/aromatic N) is 2. The lowest BCUT2D eigenvalue weighted by molar-refractivity contribution is -0.126. The quantitative estimate of drug-likeness (QED) is 0.840. The summed E-state index contributed by atoms with van der Waals surface area (Å²) in [7, 11) is 0. The lowest BCUT2D eigenvalue weighted by atomic mass is 10.1. The lowest BCUT2D eigenvalue weighted by Gasteiger charge is -2.37. The predicted octanol–water partition coefficient (Wildman–Crippen LogP) is 3.11. The van der Waals surface area contributed by atoms with Gasteiger partial charge in [-0.05, 0) is 43.7 Å². The molecule has 0 radical (unpaired) electrons. The van der Waals surface area contributed by atoms with E-state index in [4.69, 9.17) is 11.6 Å². The molecule has 148 valence electrons. The Kier molecular flexibility index (Phi) is 6.70. The summed E-state index contributed by atoms with van der Waals surface area (Å²) in [6.45, 7) is 7.06. The standard InChI is InChI=1S/C22H26ClN3O2/c1-16-3-5-18(6-4-16)15-24-21(27)17(2)25-11-13-26(14-12-25)22(28)19-7-9-20(23)10-8-19/h3-10,17H,11-15H2,1-2H3,(H,24,27). The zero-order chi connectivity index (χ0) is 20.1. The Labute approximate surface area is 171 Å². The van der Waals surface area contributed by atoms with Crippen LogP contribution in [0.15, 0.2) is 48.5 Å². The first-order chi connectivity index (χ1) is 13.4. The Morgan fingerprint density at radius 1 is 1.00 bits per heavy atom. The van der Waals surface area contributed by atoms with Crippen molar-refractivity contribution in [3.63, 3.8) is 0 Å². The highest BCUT2D eigenvalue weighted by Crippen LogP contribution is 2.14. The van der Waals surface area contributed by atoms with Crippen molar-refractivity contribution >= 4 is 23.4 Å². The highest BCUT2D eigenvalue weighted by molar-refractivity contribution is 6.30. The molecule has 1 unspecified atom stereocenters. The summed E-state index contributed by atoms with van der Waals surface area (Å²) in [5, 5.41) is 3.62. The zero-order valence-electron chi connectivity index (χ0n) is 16.3. The number of piperazine rings is 1. The van der Waals surface area contributed by atoms with Crippen LogP contribution in [-0.4, -0.2) is 53.8 Å². The molecular weight excluding hydrogens is 374 g/mol. The second-order valence-electron chi connectivity index (χ2n) is 7.21. The molecule has 5 nitrogen and oxygen atoms in total. The number of rotatable bonds is 5.